The predicted octanol–water partition coefficient (Wildman–Crippen LogP) is 2.58. The Balaban J connectivity index is 2.20. The van der Waals surface area contributed by atoms with Crippen LogP contribution in [0.1, 0.15) is 31.4 Å². The van der Waals surface area contributed by atoms with Crippen LogP contribution in [0.15, 0.2) is 48.5 Å². The van der Waals surface area contributed by atoms with Crippen molar-refractivity contribution in [1.82, 2.24) is 21.3 Å². The number of carboxylic acids is 2. The minimum atomic E-state index is -1.78. The van der Waals surface area contributed by atoms with E-state index in [0.29, 0.717) is 60.8 Å². The number of benzene rings is 2. The zero-order valence-corrected chi connectivity index (χ0v) is 32.5. The van der Waals surface area contributed by atoms with Gasteiger partial charge in [0, 0.05) is 94.2 Å². The summed E-state index contributed by atoms with van der Waals surface area (Å²) in [7, 11) is 0. The maximum atomic E-state index is 13.4. The van der Waals surface area contributed by atoms with E-state index in [0.717, 1.165) is 11.4 Å². The molecule has 4 unspecified atom stereocenters. The highest BCUT2D eigenvalue weighted by Gasteiger charge is 2.33. The number of aliphatic carboxylic acids is 2. The van der Waals surface area contributed by atoms with E-state index in [1.165, 1.54) is 13.8 Å². The van der Waals surface area contributed by atoms with E-state index >= 15 is 0 Å². The topological polar surface area (TPSA) is 197 Å². The lowest BCUT2D eigenvalue weighted by molar-refractivity contribution is -0.146. The molecule has 0 saturated carbocycles. The largest absolute Gasteiger partial charge is 0.480 e. The first-order valence-corrected chi connectivity index (χ1v) is 18.9. The Labute approximate surface area is 328 Å². The number of nitrogens with one attached hydrogen (secondary N) is 4. The van der Waals surface area contributed by atoms with Gasteiger partial charge in [-0.05, 0) is 35.4 Å². The van der Waals surface area contributed by atoms with Crippen LogP contribution >= 0.6 is 46.4 Å². The highest BCUT2D eigenvalue weighted by atomic mass is 35.5. The van der Waals surface area contributed by atoms with E-state index in [2.05, 4.69) is 21.3 Å². The molecule has 14 nitrogen and oxygen atoms in total. The van der Waals surface area contributed by atoms with Gasteiger partial charge in [0.15, 0.2) is 0 Å². The summed E-state index contributed by atoms with van der Waals surface area (Å²) in [5.41, 5.74) is 2.97. The Morgan fingerprint density at radius 3 is 1.08 bits per heavy atom. The molecule has 4 atom stereocenters. The summed E-state index contributed by atoms with van der Waals surface area (Å²) in [5, 5.41) is 29.5. The number of amides is 4. The molecule has 53 heavy (non-hydrogen) atoms. The van der Waals surface area contributed by atoms with Crippen molar-refractivity contribution in [3.8, 4) is 0 Å². The molecular weight excluding hydrogens is 774 g/mol. The highest BCUT2D eigenvalue weighted by Crippen LogP contribution is 2.18. The fourth-order valence-electron chi connectivity index (χ4n) is 5.44. The average molecular weight is 821 g/mol. The van der Waals surface area contributed by atoms with Gasteiger partial charge in [0.1, 0.15) is 24.2 Å². The van der Waals surface area contributed by atoms with E-state index in [-0.39, 0.29) is 12.8 Å². The quantitative estimate of drug-likeness (QED) is 0.0857. The van der Waals surface area contributed by atoms with Gasteiger partial charge in [-0.1, -0.05) is 24.3 Å². The first-order valence-electron chi connectivity index (χ1n) is 16.7. The molecule has 0 aromatic heterocycles. The highest BCUT2D eigenvalue weighted by molar-refractivity contribution is 6.19. The van der Waals surface area contributed by atoms with Crippen LogP contribution in [0, 0.1) is 0 Å². The number of anilines is 2. The number of carbonyl (C=O) groups is 6. The van der Waals surface area contributed by atoms with Crippen molar-refractivity contribution in [3.05, 3.63) is 59.7 Å². The number of carbonyl (C=O) groups excluding carboxylic acids is 4. The van der Waals surface area contributed by atoms with Crippen LogP contribution in [-0.2, 0) is 41.6 Å². The SMILES string of the molecule is CC(=O)NC(Cc1ccc(N(CCCl)CCCl)cc1)C(=O)NC(CC(NC(=O)C(Cc1ccc(N(CCCl)CCCl)cc1)NC(C)=O)C(=O)O)C(=O)O. The Kier molecular flexibility index (Phi) is 20.1. The summed E-state index contributed by atoms with van der Waals surface area (Å²) in [5.74, 6) is -4.47. The van der Waals surface area contributed by atoms with Crippen LogP contribution in [0.4, 0.5) is 11.4 Å². The Morgan fingerprint density at radius 2 is 0.830 bits per heavy atom. The van der Waals surface area contributed by atoms with E-state index < -0.39 is 66.2 Å². The molecule has 0 saturated heterocycles. The van der Waals surface area contributed by atoms with Crippen molar-refractivity contribution in [2.45, 2.75) is 57.3 Å². The third-order valence-electron chi connectivity index (χ3n) is 7.99. The van der Waals surface area contributed by atoms with Gasteiger partial charge in [-0.25, -0.2) is 9.59 Å². The third-order valence-corrected chi connectivity index (χ3v) is 8.67. The van der Waals surface area contributed by atoms with Crippen LogP contribution in [-0.4, -0.2) is 120 Å². The standard InChI is InChI=1S/C35H46Cl4N6O8/c1-22(46)40-28(19-24-3-7-26(8-4-24)44(15-11-36)16-12-37)32(48)42-30(34(50)51)21-31(35(52)53)43-33(49)29(41-23(2)47)20-25-5-9-27(10-6-25)45(17-13-38)18-14-39/h3-10,28-31H,11-21H2,1-2H3,(H,40,46)(H,41,47)(H,42,48)(H,43,49)(H,50,51)(H,52,53). The molecule has 0 aliphatic rings. The maximum absolute atomic E-state index is 13.4. The number of hydrogen-bond donors (Lipinski definition) is 6. The maximum Gasteiger partial charge on any atom is 0.326 e. The second kappa shape index (κ2) is 23.6. The number of hydrogen-bond acceptors (Lipinski definition) is 8. The summed E-state index contributed by atoms with van der Waals surface area (Å²) in [4.78, 5) is 79.2. The zero-order valence-electron chi connectivity index (χ0n) is 29.5. The monoisotopic (exact) mass is 818 g/mol. The van der Waals surface area contributed by atoms with Crippen LogP contribution in [0.25, 0.3) is 0 Å². The van der Waals surface area contributed by atoms with Crippen molar-refractivity contribution in [1.29, 1.82) is 0 Å². The van der Waals surface area contributed by atoms with Gasteiger partial charge in [-0.2, -0.15) is 0 Å². The number of halogens is 4. The third kappa shape index (κ3) is 15.9. The van der Waals surface area contributed by atoms with Crippen molar-refractivity contribution in [2.24, 2.45) is 0 Å². The minimum absolute atomic E-state index is 0.0149. The van der Waals surface area contributed by atoms with Gasteiger partial charge in [0.2, 0.25) is 23.6 Å². The lowest BCUT2D eigenvalue weighted by Gasteiger charge is -2.25. The Bertz CT molecular complexity index is 1400. The van der Waals surface area contributed by atoms with Crippen LogP contribution < -0.4 is 31.1 Å². The van der Waals surface area contributed by atoms with E-state index in [1.807, 2.05) is 9.80 Å². The average Bonchev–Trinajstić information content (AvgIpc) is 3.10. The first-order chi connectivity index (χ1) is 25.2. The summed E-state index contributed by atoms with van der Waals surface area (Å²) >= 11 is 23.6. The van der Waals surface area contributed by atoms with Crippen LogP contribution in [0.2, 0.25) is 0 Å². The fraction of sp³-hybridized carbons (Fsp3) is 0.486. The molecule has 6 N–H and O–H groups in total. The van der Waals surface area contributed by atoms with Gasteiger partial charge in [-0.3, -0.25) is 19.2 Å². The van der Waals surface area contributed by atoms with E-state index in [9.17, 15) is 39.0 Å². The minimum Gasteiger partial charge on any atom is -0.480 e. The predicted molar refractivity (Wildman–Crippen MR) is 207 cm³/mol. The van der Waals surface area contributed by atoms with Crippen molar-refractivity contribution < 1.29 is 39.0 Å². The molecule has 2 aromatic carbocycles. The summed E-state index contributed by atoms with van der Waals surface area (Å²) in [6.45, 7) is 4.64. The lowest BCUT2D eigenvalue weighted by Crippen LogP contribution is -2.56. The Hall–Kier alpha value is -3.98. The van der Waals surface area contributed by atoms with Crippen molar-refractivity contribution in [3.63, 3.8) is 0 Å². The van der Waals surface area contributed by atoms with Crippen LogP contribution in [0.3, 0.4) is 0 Å². The number of alkyl halides is 4. The van der Waals surface area contributed by atoms with E-state index in [4.69, 9.17) is 46.4 Å². The molecule has 0 fully saturated rings. The molecular formula is C35H46Cl4N6O8. The molecule has 0 radical (unpaired) electrons. The van der Waals surface area contributed by atoms with Gasteiger partial charge >= 0.3 is 11.9 Å². The number of rotatable bonds is 24. The van der Waals surface area contributed by atoms with E-state index in [1.54, 1.807) is 48.5 Å². The molecule has 0 bridgehead atoms. The zero-order chi connectivity index (χ0) is 39.5. The molecule has 0 aliphatic carbocycles. The summed E-state index contributed by atoms with van der Waals surface area (Å²) < 4.78 is 0. The molecule has 0 aliphatic heterocycles. The Morgan fingerprint density at radius 1 is 0.528 bits per heavy atom. The summed E-state index contributed by atoms with van der Waals surface area (Å²) in [6, 6.07) is 8.22. The second-order valence-corrected chi connectivity index (χ2v) is 13.5. The molecule has 0 spiro atoms. The van der Waals surface area contributed by atoms with Crippen molar-refractivity contribution in [2.75, 3.05) is 59.5 Å². The molecule has 2 aromatic rings. The molecule has 2 rings (SSSR count). The van der Waals surface area contributed by atoms with Gasteiger partial charge in [0.25, 0.3) is 0 Å². The molecule has 292 valence electrons. The first kappa shape index (κ1) is 45.2. The molecule has 0 heterocycles. The smallest absolute Gasteiger partial charge is 0.326 e. The van der Waals surface area contributed by atoms with Crippen molar-refractivity contribution >= 4 is 93.3 Å². The van der Waals surface area contributed by atoms with Crippen LogP contribution in [0.5, 0.6) is 0 Å². The van der Waals surface area contributed by atoms with Gasteiger partial charge in [-0.15, -0.1) is 46.4 Å². The summed E-state index contributed by atoms with van der Waals surface area (Å²) in [6.07, 6.45) is -0.781. The fourth-order valence-corrected chi connectivity index (χ4v) is 6.25. The normalized spacial score (nSPS) is 13.1. The molecule has 4 amide bonds. The number of carboxylic acid groups (broad SMARTS) is 2. The lowest BCUT2D eigenvalue weighted by atomic mass is 10.0. The second-order valence-electron chi connectivity index (χ2n) is 12.0. The van der Waals surface area contributed by atoms with Gasteiger partial charge < -0.3 is 41.3 Å². The van der Waals surface area contributed by atoms with Gasteiger partial charge in [0.05, 0.1) is 0 Å². The molecule has 18 heteroatoms. The number of nitrogens with zero attached hydrogens (tertiary/aromatic N) is 2.